The number of nitrogens with zero attached hydrogens (tertiary/aromatic N) is 4. The van der Waals surface area contributed by atoms with Crippen LogP contribution in [-0.2, 0) is 17.1 Å². The van der Waals surface area contributed by atoms with E-state index in [-0.39, 0.29) is 4.90 Å². The maximum absolute atomic E-state index is 12.5. The SMILES string of the molecule is CCNc1ccncc1S(=O)(=O)NC(C)c1nncn1C. The van der Waals surface area contributed by atoms with Crippen molar-refractivity contribution < 1.29 is 8.42 Å². The number of anilines is 1. The highest BCUT2D eigenvalue weighted by Gasteiger charge is 2.23. The van der Waals surface area contributed by atoms with Crippen molar-refractivity contribution in [1.82, 2.24) is 24.5 Å². The Morgan fingerprint density at radius 3 is 2.81 bits per heavy atom. The molecule has 0 aliphatic heterocycles. The molecule has 0 aliphatic carbocycles. The van der Waals surface area contributed by atoms with E-state index in [0.29, 0.717) is 18.1 Å². The first-order chi connectivity index (χ1) is 9.95. The molecule has 0 fully saturated rings. The number of aromatic nitrogens is 4. The van der Waals surface area contributed by atoms with Crippen LogP contribution in [0.2, 0.25) is 0 Å². The Labute approximate surface area is 123 Å². The zero-order valence-electron chi connectivity index (χ0n) is 12.1. The Balaban J connectivity index is 2.29. The van der Waals surface area contributed by atoms with Gasteiger partial charge in [0.25, 0.3) is 0 Å². The molecule has 2 rings (SSSR count). The van der Waals surface area contributed by atoms with Gasteiger partial charge in [0, 0.05) is 26.0 Å². The second kappa shape index (κ2) is 6.19. The molecule has 114 valence electrons. The molecule has 0 radical (unpaired) electrons. The summed E-state index contributed by atoms with van der Waals surface area (Å²) < 4.78 is 29.2. The van der Waals surface area contributed by atoms with E-state index in [9.17, 15) is 8.42 Å². The van der Waals surface area contributed by atoms with Crippen molar-refractivity contribution in [2.75, 3.05) is 11.9 Å². The van der Waals surface area contributed by atoms with Crippen LogP contribution >= 0.6 is 0 Å². The van der Waals surface area contributed by atoms with Crippen molar-refractivity contribution in [1.29, 1.82) is 0 Å². The van der Waals surface area contributed by atoms with Gasteiger partial charge in [0.05, 0.1) is 11.7 Å². The minimum Gasteiger partial charge on any atom is -0.384 e. The molecule has 21 heavy (non-hydrogen) atoms. The first-order valence-corrected chi connectivity index (χ1v) is 7.98. The summed E-state index contributed by atoms with van der Waals surface area (Å²) in [5, 5.41) is 10.7. The Bertz CT molecular complexity index is 712. The van der Waals surface area contributed by atoms with Gasteiger partial charge in [0.1, 0.15) is 17.0 Å². The highest BCUT2D eigenvalue weighted by Crippen LogP contribution is 2.21. The molecule has 0 aromatic carbocycles. The number of nitrogens with one attached hydrogen (secondary N) is 2. The number of rotatable bonds is 6. The maximum atomic E-state index is 12.5. The van der Waals surface area contributed by atoms with Gasteiger partial charge in [-0.3, -0.25) is 4.98 Å². The number of hydrogen-bond acceptors (Lipinski definition) is 6. The van der Waals surface area contributed by atoms with Crippen LogP contribution < -0.4 is 10.0 Å². The van der Waals surface area contributed by atoms with Crippen molar-refractivity contribution in [3.8, 4) is 0 Å². The molecular weight excluding hydrogens is 292 g/mol. The Kier molecular flexibility index (Phi) is 4.53. The molecule has 2 heterocycles. The smallest absolute Gasteiger partial charge is 0.244 e. The minimum absolute atomic E-state index is 0.112. The van der Waals surface area contributed by atoms with Crippen LogP contribution in [0.5, 0.6) is 0 Å². The van der Waals surface area contributed by atoms with Gasteiger partial charge in [-0.25, -0.2) is 13.1 Å². The fourth-order valence-electron chi connectivity index (χ4n) is 1.96. The standard InChI is InChI=1S/C12H18N6O2S/c1-4-14-10-5-6-13-7-11(10)21(19,20)17-9(2)12-16-15-8-18(12)3/h5-9,17H,4H2,1-3H3,(H,13,14). The predicted octanol–water partition coefficient (Wildman–Crippen LogP) is 0.681. The molecule has 0 bridgehead atoms. The average molecular weight is 310 g/mol. The van der Waals surface area contributed by atoms with Gasteiger partial charge in [-0.15, -0.1) is 10.2 Å². The second-order valence-corrected chi connectivity index (χ2v) is 6.23. The highest BCUT2D eigenvalue weighted by molar-refractivity contribution is 7.89. The van der Waals surface area contributed by atoms with E-state index in [2.05, 4.69) is 25.2 Å². The van der Waals surface area contributed by atoms with Crippen LogP contribution in [0.15, 0.2) is 29.7 Å². The molecule has 2 aromatic rings. The fourth-order valence-corrected chi connectivity index (χ4v) is 3.29. The van der Waals surface area contributed by atoms with Crippen molar-refractivity contribution in [3.05, 3.63) is 30.6 Å². The third kappa shape index (κ3) is 3.37. The van der Waals surface area contributed by atoms with Gasteiger partial charge < -0.3 is 9.88 Å². The van der Waals surface area contributed by atoms with Crippen molar-refractivity contribution in [2.45, 2.75) is 24.8 Å². The van der Waals surface area contributed by atoms with Gasteiger partial charge in [-0.1, -0.05) is 0 Å². The van der Waals surface area contributed by atoms with E-state index < -0.39 is 16.1 Å². The number of pyridine rings is 1. The van der Waals surface area contributed by atoms with Crippen LogP contribution in [0.4, 0.5) is 5.69 Å². The lowest BCUT2D eigenvalue weighted by Gasteiger charge is -2.15. The van der Waals surface area contributed by atoms with E-state index in [4.69, 9.17) is 0 Å². The Hall–Kier alpha value is -2.00. The third-order valence-corrected chi connectivity index (χ3v) is 4.48. The summed E-state index contributed by atoms with van der Waals surface area (Å²) in [5.41, 5.74) is 0.519. The molecule has 9 heteroatoms. The first kappa shape index (κ1) is 15.4. The van der Waals surface area contributed by atoms with E-state index >= 15 is 0 Å². The van der Waals surface area contributed by atoms with Gasteiger partial charge in [0.15, 0.2) is 0 Å². The van der Waals surface area contributed by atoms with Crippen molar-refractivity contribution in [2.24, 2.45) is 7.05 Å². The molecule has 1 atom stereocenters. The number of sulfonamides is 1. The molecule has 0 saturated carbocycles. The molecule has 2 N–H and O–H groups in total. The quantitative estimate of drug-likeness (QED) is 0.813. The summed E-state index contributed by atoms with van der Waals surface area (Å²) in [6, 6.07) is 1.13. The molecule has 8 nitrogen and oxygen atoms in total. The normalized spacial score (nSPS) is 13.1. The lowest BCUT2D eigenvalue weighted by Crippen LogP contribution is -2.29. The molecule has 2 aromatic heterocycles. The minimum atomic E-state index is -3.71. The molecule has 0 amide bonds. The van der Waals surface area contributed by atoms with Crippen molar-refractivity contribution >= 4 is 15.7 Å². The molecule has 0 spiro atoms. The van der Waals surface area contributed by atoms with Gasteiger partial charge in [-0.05, 0) is 19.9 Å². The summed E-state index contributed by atoms with van der Waals surface area (Å²) in [7, 11) is -1.95. The largest absolute Gasteiger partial charge is 0.384 e. The van der Waals surface area contributed by atoms with E-state index in [1.54, 1.807) is 30.8 Å². The van der Waals surface area contributed by atoms with Crippen LogP contribution in [-0.4, -0.2) is 34.7 Å². The molecule has 1 unspecified atom stereocenters. The van der Waals surface area contributed by atoms with Gasteiger partial charge in [0.2, 0.25) is 10.0 Å². The van der Waals surface area contributed by atoms with E-state index in [0.717, 1.165) is 0 Å². The lowest BCUT2D eigenvalue weighted by molar-refractivity contribution is 0.553. The number of hydrogen-bond donors (Lipinski definition) is 2. The monoisotopic (exact) mass is 310 g/mol. The third-order valence-electron chi connectivity index (χ3n) is 2.91. The topological polar surface area (TPSA) is 102 Å². The summed E-state index contributed by atoms with van der Waals surface area (Å²) in [6.45, 7) is 4.22. The van der Waals surface area contributed by atoms with Gasteiger partial charge >= 0.3 is 0 Å². The van der Waals surface area contributed by atoms with Gasteiger partial charge in [-0.2, -0.15) is 0 Å². The Morgan fingerprint density at radius 2 is 2.19 bits per heavy atom. The first-order valence-electron chi connectivity index (χ1n) is 6.49. The second-order valence-electron chi connectivity index (χ2n) is 4.55. The highest BCUT2D eigenvalue weighted by atomic mass is 32.2. The van der Waals surface area contributed by atoms with Crippen LogP contribution in [0.3, 0.4) is 0 Å². The predicted molar refractivity (Wildman–Crippen MR) is 78.1 cm³/mol. The zero-order chi connectivity index (χ0) is 15.5. The zero-order valence-corrected chi connectivity index (χ0v) is 12.9. The summed E-state index contributed by atoms with van der Waals surface area (Å²) >= 11 is 0. The van der Waals surface area contributed by atoms with Crippen LogP contribution in [0.1, 0.15) is 25.7 Å². The van der Waals surface area contributed by atoms with E-state index in [1.807, 2.05) is 6.92 Å². The average Bonchev–Trinajstić information content (AvgIpc) is 2.85. The molecular formula is C12H18N6O2S. The van der Waals surface area contributed by atoms with E-state index in [1.165, 1.54) is 12.5 Å². The van der Waals surface area contributed by atoms with Crippen LogP contribution in [0, 0.1) is 0 Å². The maximum Gasteiger partial charge on any atom is 0.244 e. The lowest BCUT2D eigenvalue weighted by atomic mass is 10.3. The van der Waals surface area contributed by atoms with Crippen LogP contribution in [0.25, 0.3) is 0 Å². The molecule has 0 saturated heterocycles. The summed E-state index contributed by atoms with van der Waals surface area (Å²) in [4.78, 5) is 4.00. The number of aryl methyl sites for hydroxylation is 1. The van der Waals surface area contributed by atoms with Crippen molar-refractivity contribution in [3.63, 3.8) is 0 Å². The summed E-state index contributed by atoms with van der Waals surface area (Å²) in [6.07, 6.45) is 4.39. The fraction of sp³-hybridized carbons (Fsp3) is 0.417. The molecule has 0 aliphatic rings. The Morgan fingerprint density at radius 1 is 1.43 bits per heavy atom. The summed E-state index contributed by atoms with van der Waals surface area (Å²) in [5.74, 6) is 0.535.